The quantitative estimate of drug-likeness (QED) is 0.399. The minimum atomic E-state index is -0.178. The summed E-state index contributed by atoms with van der Waals surface area (Å²) in [5.41, 5.74) is 1.71. The number of phenols is 1. The average Bonchev–Trinajstić information content (AvgIpc) is 3.02. The summed E-state index contributed by atoms with van der Waals surface area (Å²) in [4.78, 5) is 18.7. The Morgan fingerprint density at radius 3 is 2.58 bits per heavy atom. The molecule has 7 heteroatoms. The van der Waals surface area contributed by atoms with E-state index >= 15 is 0 Å². The number of nitrogens with zero attached hydrogens (tertiary/aromatic N) is 3. The van der Waals surface area contributed by atoms with Crippen LogP contribution < -0.4 is 10.6 Å². The maximum Gasteiger partial charge on any atom is 0.251 e. The van der Waals surface area contributed by atoms with E-state index in [-0.39, 0.29) is 11.7 Å². The number of rotatable bonds is 7. The number of hydrogen-bond donors (Lipinski definition) is 3. The number of carbonyl (C=O) groups excluding carboxylic acids is 1. The molecule has 1 aromatic heterocycles. The monoisotopic (exact) mass is 357 g/mol. The molecule has 1 amide bonds. The van der Waals surface area contributed by atoms with Crippen molar-refractivity contribution in [3.05, 3.63) is 53.9 Å². The molecule has 0 saturated carbocycles. The second-order valence-electron chi connectivity index (χ2n) is 6.00. The first-order valence-electron chi connectivity index (χ1n) is 8.68. The van der Waals surface area contributed by atoms with Gasteiger partial charge < -0.3 is 25.2 Å². The zero-order valence-electron chi connectivity index (χ0n) is 15.6. The van der Waals surface area contributed by atoms with Crippen LogP contribution in [-0.2, 0) is 13.6 Å². The number of nitrogens with one attached hydrogen (secondary N) is 2. The van der Waals surface area contributed by atoms with Crippen LogP contribution in [0.5, 0.6) is 5.75 Å². The Morgan fingerprint density at radius 2 is 1.96 bits per heavy atom. The maximum atomic E-state index is 12.0. The molecule has 1 aromatic carbocycles. The summed E-state index contributed by atoms with van der Waals surface area (Å²) in [7, 11) is 4.01. The van der Waals surface area contributed by atoms with Crippen molar-refractivity contribution in [3.63, 3.8) is 0 Å². The highest BCUT2D eigenvalue weighted by atomic mass is 16.3. The predicted octanol–water partition coefficient (Wildman–Crippen LogP) is 1.56. The van der Waals surface area contributed by atoms with E-state index in [4.69, 9.17) is 0 Å². The van der Waals surface area contributed by atoms with Gasteiger partial charge in [0.2, 0.25) is 0 Å². The molecule has 3 N–H and O–H groups in total. The molecule has 140 valence electrons. The standard InChI is InChI=1S/C19H27N5O2/c1-4-20-19(24(3)14-16-6-5-13-23(16)2)22-12-11-21-18(26)15-7-9-17(25)10-8-15/h5-10,13,25H,4,11-12,14H2,1-3H3,(H,20,22)(H,21,26). The van der Waals surface area contributed by atoms with Gasteiger partial charge in [-0.05, 0) is 43.3 Å². The van der Waals surface area contributed by atoms with Crippen molar-refractivity contribution >= 4 is 11.9 Å². The lowest BCUT2D eigenvalue weighted by atomic mass is 10.2. The zero-order valence-corrected chi connectivity index (χ0v) is 15.6. The molecule has 0 saturated heterocycles. The molecule has 0 aliphatic carbocycles. The van der Waals surface area contributed by atoms with Crippen molar-refractivity contribution in [2.24, 2.45) is 12.0 Å². The van der Waals surface area contributed by atoms with Gasteiger partial charge in [-0.1, -0.05) is 0 Å². The molecule has 2 aromatic rings. The fourth-order valence-electron chi connectivity index (χ4n) is 2.49. The summed E-state index contributed by atoms with van der Waals surface area (Å²) >= 11 is 0. The van der Waals surface area contributed by atoms with Crippen LogP contribution in [0.25, 0.3) is 0 Å². The van der Waals surface area contributed by atoms with Gasteiger partial charge in [0, 0.05) is 44.6 Å². The number of aromatic hydroxyl groups is 1. The van der Waals surface area contributed by atoms with Crippen LogP contribution in [0.15, 0.2) is 47.6 Å². The van der Waals surface area contributed by atoms with Gasteiger partial charge in [0.25, 0.3) is 5.91 Å². The minimum Gasteiger partial charge on any atom is -0.508 e. The number of aryl methyl sites for hydroxylation is 1. The van der Waals surface area contributed by atoms with Crippen molar-refractivity contribution in [2.75, 3.05) is 26.7 Å². The van der Waals surface area contributed by atoms with Crippen LogP contribution in [0, 0.1) is 0 Å². The summed E-state index contributed by atoms with van der Waals surface area (Å²) in [6.07, 6.45) is 2.02. The number of phenolic OH excluding ortho intramolecular Hbond substituents is 1. The van der Waals surface area contributed by atoms with Crippen molar-refractivity contribution < 1.29 is 9.90 Å². The number of benzene rings is 1. The first-order chi connectivity index (χ1) is 12.5. The van der Waals surface area contributed by atoms with Crippen LogP contribution in [0.4, 0.5) is 0 Å². The summed E-state index contributed by atoms with van der Waals surface area (Å²) < 4.78 is 2.08. The molecule has 1 heterocycles. The molecular formula is C19H27N5O2. The molecule has 7 nitrogen and oxygen atoms in total. The number of guanidine groups is 1. The molecule has 0 aliphatic heterocycles. The van der Waals surface area contributed by atoms with Crippen molar-refractivity contribution in [2.45, 2.75) is 13.5 Å². The van der Waals surface area contributed by atoms with E-state index in [0.717, 1.165) is 19.0 Å². The molecule has 0 unspecified atom stereocenters. The second kappa shape index (κ2) is 9.50. The third-order valence-electron chi connectivity index (χ3n) is 3.94. The molecule has 0 fully saturated rings. The van der Waals surface area contributed by atoms with Crippen molar-refractivity contribution in [1.82, 2.24) is 20.1 Å². The normalized spacial score (nSPS) is 11.3. The number of carbonyl (C=O) groups is 1. The van der Waals surface area contributed by atoms with Gasteiger partial charge in [-0.25, -0.2) is 0 Å². The summed E-state index contributed by atoms with van der Waals surface area (Å²) in [5, 5.41) is 15.4. The molecule has 2 rings (SSSR count). The van der Waals surface area contributed by atoms with E-state index in [9.17, 15) is 9.90 Å². The average molecular weight is 357 g/mol. The van der Waals surface area contributed by atoms with Crippen LogP contribution in [0.2, 0.25) is 0 Å². The number of hydrogen-bond acceptors (Lipinski definition) is 3. The van der Waals surface area contributed by atoms with Gasteiger partial charge in [0.05, 0.1) is 13.1 Å². The van der Waals surface area contributed by atoms with E-state index in [1.165, 1.54) is 17.8 Å². The number of amides is 1. The first-order valence-corrected chi connectivity index (χ1v) is 8.68. The molecule has 0 atom stereocenters. The van der Waals surface area contributed by atoms with Gasteiger partial charge in [-0.3, -0.25) is 9.79 Å². The fraction of sp³-hybridized carbons (Fsp3) is 0.368. The highest BCUT2D eigenvalue weighted by Gasteiger charge is 2.08. The molecule has 0 aliphatic rings. The van der Waals surface area contributed by atoms with Gasteiger partial charge in [0.15, 0.2) is 5.96 Å². The Labute approximate surface area is 154 Å². The number of aliphatic imine (C=N–C) groups is 1. The van der Waals surface area contributed by atoms with Crippen LogP contribution in [0.3, 0.4) is 0 Å². The van der Waals surface area contributed by atoms with Crippen LogP contribution in [-0.4, -0.2) is 53.1 Å². The van der Waals surface area contributed by atoms with Gasteiger partial charge >= 0.3 is 0 Å². The van der Waals surface area contributed by atoms with Crippen LogP contribution >= 0.6 is 0 Å². The Hall–Kier alpha value is -2.96. The summed E-state index contributed by atoms with van der Waals surface area (Å²) in [6, 6.07) is 10.3. The van der Waals surface area contributed by atoms with Crippen molar-refractivity contribution in [3.8, 4) is 5.75 Å². The Bertz CT molecular complexity index is 737. The molecule has 26 heavy (non-hydrogen) atoms. The molecule has 0 spiro atoms. The van der Waals surface area contributed by atoms with Gasteiger partial charge in [-0.2, -0.15) is 0 Å². The lowest BCUT2D eigenvalue weighted by Gasteiger charge is -2.22. The Morgan fingerprint density at radius 1 is 1.23 bits per heavy atom. The van der Waals surface area contributed by atoms with Crippen molar-refractivity contribution in [1.29, 1.82) is 0 Å². The summed E-state index contributed by atoms with van der Waals surface area (Å²) in [5.74, 6) is 0.762. The molecular weight excluding hydrogens is 330 g/mol. The third-order valence-corrected chi connectivity index (χ3v) is 3.94. The summed E-state index contributed by atoms with van der Waals surface area (Å²) in [6.45, 7) is 4.46. The highest BCUT2D eigenvalue weighted by Crippen LogP contribution is 2.09. The number of aromatic nitrogens is 1. The van der Waals surface area contributed by atoms with Gasteiger partial charge in [-0.15, -0.1) is 0 Å². The highest BCUT2D eigenvalue weighted by molar-refractivity contribution is 5.94. The van der Waals surface area contributed by atoms with E-state index in [0.29, 0.717) is 18.7 Å². The molecule has 0 radical (unpaired) electrons. The van der Waals surface area contributed by atoms with E-state index in [1.54, 1.807) is 12.1 Å². The minimum absolute atomic E-state index is 0.141. The molecule has 0 bridgehead atoms. The second-order valence-corrected chi connectivity index (χ2v) is 6.00. The largest absolute Gasteiger partial charge is 0.508 e. The lowest BCUT2D eigenvalue weighted by Crippen LogP contribution is -2.39. The fourth-order valence-corrected chi connectivity index (χ4v) is 2.49. The third kappa shape index (κ3) is 5.54. The van der Waals surface area contributed by atoms with Gasteiger partial charge in [0.1, 0.15) is 5.75 Å². The SMILES string of the molecule is CCNC(=NCCNC(=O)c1ccc(O)cc1)N(C)Cc1cccn1C. The smallest absolute Gasteiger partial charge is 0.251 e. The predicted molar refractivity (Wildman–Crippen MR) is 103 cm³/mol. The Balaban J connectivity index is 1.87. The van der Waals surface area contributed by atoms with E-state index < -0.39 is 0 Å². The zero-order chi connectivity index (χ0) is 18.9. The van der Waals surface area contributed by atoms with E-state index in [1.807, 2.05) is 33.3 Å². The van der Waals surface area contributed by atoms with E-state index in [2.05, 4.69) is 31.2 Å². The Kier molecular flexibility index (Phi) is 7.08. The van der Waals surface area contributed by atoms with Crippen LogP contribution in [0.1, 0.15) is 23.0 Å². The maximum absolute atomic E-state index is 12.0. The topological polar surface area (TPSA) is 81.9 Å². The first kappa shape index (κ1) is 19.4. The lowest BCUT2D eigenvalue weighted by molar-refractivity contribution is 0.0955.